The van der Waals surface area contributed by atoms with Crippen molar-refractivity contribution < 1.29 is 19.7 Å². The smallest absolute Gasteiger partial charge is 0.170 e. The number of carbonyl (C=O) groups excluding carboxylic acids is 1. The normalized spacial score (nSPS) is 17.7. The van der Waals surface area contributed by atoms with Crippen LogP contribution in [0.1, 0.15) is 28.4 Å². The molecule has 4 nitrogen and oxygen atoms in total. The molecule has 1 unspecified atom stereocenters. The summed E-state index contributed by atoms with van der Waals surface area (Å²) in [6, 6.07) is 11.2. The van der Waals surface area contributed by atoms with E-state index in [1.165, 1.54) is 12.1 Å². The first-order chi connectivity index (χ1) is 9.15. The lowest BCUT2D eigenvalue weighted by molar-refractivity contribution is 0.0847. The number of ether oxygens (including phenoxy) is 1. The number of benzene rings is 2. The number of aromatic hydroxyl groups is 2. The summed E-state index contributed by atoms with van der Waals surface area (Å²) in [5.74, 6) is 0.437. The van der Waals surface area contributed by atoms with Crippen LogP contribution in [-0.4, -0.2) is 16.0 Å². The van der Waals surface area contributed by atoms with Crippen molar-refractivity contribution in [1.82, 2.24) is 0 Å². The van der Waals surface area contributed by atoms with Gasteiger partial charge in [-0.3, -0.25) is 4.79 Å². The van der Waals surface area contributed by atoms with Crippen molar-refractivity contribution in [2.24, 2.45) is 0 Å². The minimum absolute atomic E-state index is 0.0458. The molecule has 96 valence electrons. The maximum atomic E-state index is 12.0. The Balaban J connectivity index is 2.01. The number of phenolic OH excluding ortho intramolecular Hbond substituents is 2. The van der Waals surface area contributed by atoms with Crippen LogP contribution in [0.5, 0.6) is 17.2 Å². The van der Waals surface area contributed by atoms with Crippen LogP contribution in [0.3, 0.4) is 0 Å². The molecule has 2 aromatic rings. The molecule has 1 atom stereocenters. The number of ketones is 1. The number of carbonyl (C=O) groups is 1. The van der Waals surface area contributed by atoms with E-state index in [2.05, 4.69) is 0 Å². The average Bonchev–Trinajstić information content (AvgIpc) is 2.38. The van der Waals surface area contributed by atoms with E-state index in [0.29, 0.717) is 16.9 Å². The Morgan fingerprint density at radius 2 is 1.89 bits per heavy atom. The molecule has 0 bridgehead atoms. The van der Waals surface area contributed by atoms with Gasteiger partial charge in [0.2, 0.25) is 0 Å². The van der Waals surface area contributed by atoms with Gasteiger partial charge in [-0.15, -0.1) is 0 Å². The van der Waals surface area contributed by atoms with Gasteiger partial charge in [0, 0.05) is 11.6 Å². The van der Waals surface area contributed by atoms with E-state index in [0.717, 1.165) is 0 Å². The standard InChI is InChI=1S/C15H12O4/c16-9-5-6-11-13(18)8-15(19-14(11)7-9)10-3-1-2-4-12(10)17/h1-7,15-17H,8H2. The highest BCUT2D eigenvalue weighted by molar-refractivity contribution is 6.00. The number of hydrogen-bond acceptors (Lipinski definition) is 4. The lowest BCUT2D eigenvalue weighted by Gasteiger charge is -2.26. The second-order valence-electron chi connectivity index (χ2n) is 4.47. The van der Waals surface area contributed by atoms with Gasteiger partial charge in [-0.1, -0.05) is 18.2 Å². The molecule has 0 saturated carbocycles. The van der Waals surface area contributed by atoms with Crippen LogP contribution in [0.2, 0.25) is 0 Å². The molecule has 19 heavy (non-hydrogen) atoms. The molecule has 4 heteroatoms. The van der Waals surface area contributed by atoms with E-state index >= 15 is 0 Å². The van der Waals surface area contributed by atoms with Gasteiger partial charge in [0.1, 0.15) is 23.4 Å². The molecular weight excluding hydrogens is 244 g/mol. The highest BCUT2D eigenvalue weighted by Gasteiger charge is 2.29. The summed E-state index contributed by atoms with van der Waals surface area (Å²) in [4.78, 5) is 12.0. The Morgan fingerprint density at radius 3 is 2.68 bits per heavy atom. The second-order valence-corrected chi connectivity index (χ2v) is 4.47. The minimum atomic E-state index is -0.525. The molecule has 0 aromatic heterocycles. The fourth-order valence-corrected chi connectivity index (χ4v) is 2.25. The predicted molar refractivity (Wildman–Crippen MR) is 68.5 cm³/mol. The third kappa shape index (κ3) is 2.01. The van der Waals surface area contributed by atoms with Crippen molar-refractivity contribution in [2.75, 3.05) is 0 Å². The van der Waals surface area contributed by atoms with Crippen molar-refractivity contribution in [3.63, 3.8) is 0 Å². The molecule has 0 spiro atoms. The summed E-state index contributed by atoms with van der Waals surface area (Å²) >= 11 is 0. The first kappa shape index (κ1) is 11.6. The Kier molecular flexibility index (Phi) is 2.63. The molecule has 0 fully saturated rings. The van der Waals surface area contributed by atoms with Crippen LogP contribution in [0.25, 0.3) is 0 Å². The van der Waals surface area contributed by atoms with E-state index in [9.17, 15) is 15.0 Å². The highest BCUT2D eigenvalue weighted by Crippen LogP contribution is 2.38. The Labute approximate surface area is 109 Å². The summed E-state index contributed by atoms with van der Waals surface area (Å²) in [5, 5.41) is 19.3. The van der Waals surface area contributed by atoms with E-state index in [1.54, 1.807) is 30.3 Å². The maximum Gasteiger partial charge on any atom is 0.170 e. The first-order valence-electron chi connectivity index (χ1n) is 5.96. The van der Waals surface area contributed by atoms with Crippen LogP contribution < -0.4 is 4.74 Å². The van der Waals surface area contributed by atoms with Gasteiger partial charge in [-0.2, -0.15) is 0 Å². The molecule has 3 rings (SSSR count). The van der Waals surface area contributed by atoms with Gasteiger partial charge in [0.05, 0.1) is 12.0 Å². The van der Waals surface area contributed by atoms with Crippen LogP contribution in [0.15, 0.2) is 42.5 Å². The lowest BCUT2D eigenvalue weighted by atomic mass is 9.96. The maximum absolute atomic E-state index is 12.0. The predicted octanol–water partition coefficient (Wildman–Crippen LogP) is 2.80. The molecule has 0 saturated heterocycles. The van der Waals surface area contributed by atoms with Crippen molar-refractivity contribution in [3.05, 3.63) is 53.6 Å². The van der Waals surface area contributed by atoms with Gasteiger partial charge < -0.3 is 14.9 Å². The van der Waals surface area contributed by atoms with E-state index in [1.807, 2.05) is 0 Å². The van der Waals surface area contributed by atoms with Crippen LogP contribution >= 0.6 is 0 Å². The average molecular weight is 256 g/mol. The van der Waals surface area contributed by atoms with Gasteiger partial charge in [-0.05, 0) is 18.2 Å². The van der Waals surface area contributed by atoms with Gasteiger partial charge in [0.25, 0.3) is 0 Å². The summed E-state index contributed by atoms with van der Waals surface area (Å²) in [7, 11) is 0. The number of phenols is 2. The van der Waals surface area contributed by atoms with Gasteiger partial charge >= 0.3 is 0 Å². The topological polar surface area (TPSA) is 66.8 Å². The molecule has 2 aromatic carbocycles. The zero-order valence-corrected chi connectivity index (χ0v) is 10.0. The molecule has 0 radical (unpaired) electrons. The number of Topliss-reactive ketones (excluding diaryl/α,β-unsaturated/α-hetero) is 1. The third-order valence-electron chi connectivity index (χ3n) is 3.19. The number of hydrogen-bond donors (Lipinski definition) is 2. The fraction of sp³-hybridized carbons (Fsp3) is 0.133. The molecule has 0 aliphatic carbocycles. The summed E-state index contributed by atoms with van der Waals surface area (Å²) in [5.41, 5.74) is 1.04. The number of fused-ring (bicyclic) bond motifs is 1. The van der Waals surface area contributed by atoms with Crippen molar-refractivity contribution in [2.45, 2.75) is 12.5 Å². The summed E-state index contributed by atoms with van der Waals surface area (Å²) in [6.07, 6.45) is -0.349. The van der Waals surface area contributed by atoms with E-state index in [-0.39, 0.29) is 23.7 Å². The number of para-hydroxylation sites is 1. The molecule has 1 heterocycles. The first-order valence-corrected chi connectivity index (χ1v) is 5.96. The molecule has 1 aliphatic heterocycles. The van der Waals surface area contributed by atoms with Crippen LogP contribution in [-0.2, 0) is 0 Å². The zero-order chi connectivity index (χ0) is 13.4. The largest absolute Gasteiger partial charge is 0.508 e. The Hall–Kier alpha value is -2.49. The quantitative estimate of drug-likeness (QED) is 0.823. The minimum Gasteiger partial charge on any atom is -0.508 e. The third-order valence-corrected chi connectivity index (χ3v) is 3.19. The molecule has 1 aliphatic rings. The molecule has 2 N–H and O–H groups in total. The summed E-state index contributed by atoms with van der Waals surface area (Å²) in [6.45, 7) is 0. The van der Waals surface area contributed by atoms with Gasteiger partial charge in [-0.25, -0.2) is 0 Å². The van der Waals surface area contributed by atoms with E-state index in [4.69, 9.17) is 4.74 Å². The molecular formula is C15H12O4. The molecule has 0 amide bonds. The van der Waals surface area contributed by atoms with Gasteiger partial charge in [0.15, 0.2) is 5.78 Å². The monoisotopic (exact) mass is 256 g/mol. The SMILES string of the molecule is O=C1CC(c2ccccc2O)Oc2cc(O)ccc21. The van der Waals surface area contributed by atoms with Crippen LogP contribution in [0, 0.1) is 0 Å². The Morgan fingerprint density at radius 1 is 1.11 bits per heavy atom. The van der Waals surface area contributed by atoms with Crippen molar-refractivity contribution in [1.29, 1.82) is 0 Å². The highest BCUT2D eigenvalue weighted by atomic mass is 16.5. The lowest BCUT2D eigenvalue weighted by Crippen LogP contribution is -2.20. The van der Waals surface area contributed by atoms with Crippen molar-refractivity contribution in [3.8, 4) is 17.2 Å². The van der Waals surface area contributed by atoms with Crippen LogP contribution in [0.4, 0.5) is 0 Å². The van der Waals surface area contributed by atoms with E-state index < -0.39 is 6.10 Å². The Bertz CT molecular complexity index is 648. The zero-order valence-electron chi connectivity index (χ0n) is 10.0. The summed E-state index contributed by atoms with van der Waals surface area (Å²) < 4.78 is 5.71. The van der Waals surface area contributed by atoms with Crippen molar-refractivity contribution >= 4 is 5.78 Å². The fourth-order valence-electron chi connectivity index (χ4n) is 2.25. The number of rotatable bonds is 1. The second kappa shape index (κ2) is 4.31.